The highest BCUT2D eigenvalue weighted by Crippen LogP contribution is 2.35. The molecule has 0 amide bonds. The van der Waals surface area contributed by atoms with Gasteiger partial charge in [0.15, 0.2) is 0 Å². The van der Waals surface area contributed by atoms with Crippen LogP contribution in [0, 0.1) is 0 Å². The summed E-state index contributed by atoms with van der Waals surface area (Å²) >= 11 is 0. The quantitative estimate of drug-likeness (QED) is 0.0262. The zero-order chi connectivity index (χ0) is 50.6. The van der Waals surface area contributed by atoms with E-state index in [0.29, 0.717) is 25.7 Å². The summed E-state index contributed by atoms with van der Waals surface area (Å²) in [5.74, 6) is 0. The molecular formula is C35H62F12O19. The van der Waals surface area contributed by atoms with E-state index in [4.69, 9.17) is 34.6 Å². The number of aliphatic hydroxyl groups excluding tert-OH is 7. The molecule has 0 bridgehead atoms. The second-order valence-electron chi connectivity index (χ2n) is 13.3. The van der Waals surface area contributed by atoms with Crippen molar-refractivity contribution in [3.05, 3.63) is 0 Å². The van der Waals surface area contributed by atoms with Crippen molar-refractivity contribution in [2.45, 2.75) is 93.9 Å². The molecule has 0 aliphatic rings. The Morgan fingerprint density at radius 1 is 0.303 bits per heavy atom. The zero-order valence-electron chi connectivity index (χ0n) is 35.7. The van der Waals surface area contributed by atoms with Crippen molar-refractivity contribution in [1.29, 1.82) is 0 Å². The molecule has 0 aromatic carbocycles. The van der Waals surface area contributed by atoms with Crippen molar-refractivity contribution in [2.24, 2.45) is 0 Å². The normalized spacial score (nSPS) is 14.6. The third-order valence-corrected chi connectivity index (χ3v) is 6.77. The van der Waals surface area contributed by atoms with Crippen LogP contribution in [0.4, 0.5) is 52.7 Å². The fourth-order valence-corrected chi connectivity index (χ4v) is 4.11. The van der Waals surface area contributed by atoms with E-state index in [2.05, 4.69) is 42.6 Å². The van der Waals surface area contributed by atoms with Gasteiger partial charge in [0.05, 0.1) is 78.8 Å². The Labute approximate surface area is 371 Å². The third kappa shape index (κ3) is 43.7. The molecule has 0 heterocycles. The molecule has 0 saturated heterocycles. The van der Waals surface area contributed by atoms with Gasteiger partial charge in [-0.15, -0.1) is 17.6 Å². The molecule has 0 aliphatic carbocycles. The van der Waals surface area contributed by atoms with Crippen LogP contribution < -0.4 is 0 Å². The highest BCUT2D eigenvalue weighted by molar-refractivity contribution is 4.61. The monoisotopic (exact) mass is 1010 g/mol. The van der Waals surface area contributed by atoms with Gasteiger partial charge < -0.3 is 73.6 Å². The molecule has 0 aromatic heterocycles. The third-order valence-electron chi connectivity index (χ3n) is 6.77. The Morgan fingerprint density at radius 2 is 0.621 bits per heavy atom. The molecule has 0 rings (SSSR count). The van der Waals surface area contributed by atoms with Gasteiger partial charge in [-0.3, -0.25) is 0 Å². The lowest BCUT2D eigenvalue weighted by Crippen LogP contribution is -2.44. The number of alkyl halides is 12. The topological polar surface area (TPSA) is 252 Å². The van der Waals surface area contributed by atoms with Crippen molar-refractivity contribution in [1.82, 2.24) is 0 Å². The van der Waals surface area contributed by atoms with E-state index < -0.39 is 108 Å². The summed E-state index contributed by atoms with van der Waals surface area (Å²) in [5.41, 5.74) is 0. The average Bonchev–Trinajstić information content (AvgIpc) is 3.17. The van der Waals surface area contributed by atoms with Crippen LogP contribution in [0.2, 0.25) is 0 Å². The summed E-state index contributed by atoms with van der Waals surface area (Å²) < 4.78 is 210. The standard InChI is InChI=1S/C20H36F6O10.C15H26F6O9/c21-18(22,14-33-10-9-32-13-17(30)12-31-8-4-7-28)35-20(25,26)36-19(23,24)15-34-11-16(29)5-2-1-3-6-27;16-13(17,10-27-7-6-25-5-3-23)29-15(20,21)30-14(18,19)11-28-9-12(24)8-26-4-1-2-22/h16-17,27-30H,1-15H2;12,22-24H,1-11H2. The zero-order valence-corrected chi connectivity index (χ0v) is 35.7. The van der Waals surface area contributed by atoms with E-state index in [-0.39, 0.29) is 92.1 Å². The van der Waals surface area contributed by atoms with Gasteiger partial charge in [0.1, 0.15) is 38.6 Å². The summed E-state index contributed by atoms with van der Waals surface area (Å²) in [7, 11) is 0. The predicted molar refractivity (Wildman–Crippen MR) is 195 cm³/mol. The minimum atomic E-state index is -5.40. The van der Waals surface area contributed by atoms with Gasteiger partial charge in [0, 0.05) is 33.0 Å². The SMILES string of the molecule is OCCCCCC(O)COCC(F)(F)OC(F)(F)OC(F)(F)COCCOCC(O)COCCCO.OCCCOCC(O)COCC(F)(F)OC(F)(F)OC(F)(F)COCCOCCO. The number of hydrogen-bond acceptors (Lipinski definition) is 19. The van der Waals surface area contributed by atoms with Crippen LogP contribution in [0.15, 0.2) is 0 Å². The molecule has 400 valence electrons. The number of aliphatic hydroxyl groups is 7. The highest BCUT2D eigenvalue weighted by atomic mass is 19.3. The maximum atomic E-state index is 13.5. The number of hydrogen-bond donors (Lipinski definition) is 7. The largest absolute Gasteiger partial charge is 0.495 e. The maximum Gasteiger partial charge on any atom is 0.495 e. The molecule has 0 spiro atoms. The molecular weight excluding hydrogens is 952 g/mol. The van der Waals surface area contributed by atoms with Crippen LogP contribution in [-0.4, -0.2) is 223 Å². The van der Waals surface area contributed by atoms with E-state index >= 15 is 0 Å². The Balaban J connectivity index is 0. The van der Waals surface area contributed by atoms with E-state index in [9.17, 15) is 68.0 Å². The van der Waals surface area contributed by atoms with Gasteiger partial charge >= 0.3 is 37.0 Å². The predicted octanol–water partition coefficient (Wildman–Crippen LogP) is 2.04. The molecule has 0 fully saturated rings. The Morgan fingerprint density at radius 3 is 1.00 bits per heavy atom. The molecule has 19 nitrogen and oxygen atoms in total. The average molecular weight is 1010 g/mol. The highest BCUT2D eigenvalue weighted by Gasteiger charge is 2.53. The van der Waals surface area contributed by atoms with Crippen LogP contribution in [-0.2, 0) is 56.8 Å². The summed E-state index contributed by atoms with van der Waals surface area (Å²) in [5, 5.41) is 62.5. The van der Waals surface area contributed by atoms with E-state index in [1.807, 2.05) is 0 Å². The minimum Gasteiger partial charge on any atom is -0.396 e. The van der Waals surface area contributed by atoms with Crippen molar-refractivity contribution < 1.29 is 145 Å². The second-order valence-corrected chi connectivity index (χ2v) is 13.3. The lowest BCUT2D eigenvalue weighted by Gasteiger charge is -2.26. The van der Waals surface area contributed by atoms with Crippen LogP contribution >= 0.6 is 0 Å². The van der Waals surface area contributed by atoms with Gasteiger partial charge in [0.25, 0.3) is 0 Å². The van der Waals surface area contributed by atoms with E-state index in [1.54, 1.807) is 0 Å². The van der Waals surface area contributed by atoms with E-state index in [1.165, 1.54) is 0 Å². The number of halogens is 12. The van der Waals surface area contributed by atoms with E-state index in [0.717, 1.165) is 0 Å². The molecule has 7 N–H and O–H groups in total. The number of rotatable bonds is 45. The molecule has 3 unspecified atom stereocenters. The first-order valence-corrected chi connectivity index (χ1v) is 19.9. The molecule has 0 aliphatic heterocycles. The molecule has 66 heavy (non-hydrogen) atoms. The van der Waals surface area contributed by atoms with Crippen LogP contribution in [0.5, 0.6) is 0 Å². The van der Waals surface area contributed by atoms with Gasteiger partial charge in [-0.1, -0.05) is 12.8 Å². The van der Waals surface area contributed by atoms with Crippen molar-refractivity contribution >= 4 is 0 Å². The van der Waals surface area contributed by atoms with Gasteiger partial charge in [-0.2, -0.15) is 35.1 Å². The lowest BCUT2D eigenvalue weighted by molar-refractivity contribution is -0.519. The van der Waals surface area contributed by atoms with Gasteiger partial charge in [0.2, 0.25) is 0 Å². The van der Waals surface area contributed by atoms with Crippen molar-refractivity contribution in [3.8, 4) is 0 Å². The Kier molecular flexibility index (Phi) is 37.5. The fourth-order valence-electron chi connectivity index (χ4n) is 4.11. The number of unbranched alkanes of at least 4 members (excludes halogenated alkanes) is 2. The summed E-state index contributed by atoms with van der Waals surface area (Å²) in [6, 6.07) is 0. The van der Waals surface area contributed by atoms with Crippen LogP contribution in [0.25, 0.3) is 0 Å². The first kappa shape index (κ1) is 66.5. The fraction of sp³-hybridized carbons (Fsp3) is 1.00. The van der Waals surface area contributed by atoms with Gasteiger partial charge in [-0.05, 0) is 25.7 Å². The summed E-state index contributed by atoms with van der Waals surface area (Å²) in [6.07, 6.45) is -30.8. The van der Waals surface area contributed by atoms with Gasteiger partial charge in [-0.25, -0.2) is 18.9 Å². The first-order valence-electron chi connectivity index (χ1n) is 19.9. The molecule has 0 saturated carbocycles. The lowest BCUT2D eigenvalue weighted by atomic mass is 10.1. The Hall–Kier alpha value is -1.60. The molecule has 0 aromatic rings. The number of ether oxygens (including phenoxy) is 12. The maximum absolute atomic E-state index is 13.5. The summed E-state index contributed by atoms with van der Waals surface area (Å²) in [4.78, 5) is 0. The molecule has 0 radical (unpaired) electrons. The molecule has 31 heteroatoms. The smallest absolute Gasteiger partial charge is 0.396 e. The second kappa shape index (κ2) is 37.3. The first-order chi connectivity index (χ1) is 30.8. The van der Waals surface area contributed by atoms with Crippen LogP contribution in [0.3, 0.4) is 0 Å². The van der Waals surface area contributed by atoms with Crippen LogP contribution in [0.1, 0.15) is 38.5 Å². The van der Waals surface area contributed by atoms with Crippen molar-refractivity contribution in [3.63, 3.8) is 0 Å². The summed E-state index contributed by atoms with van der Waals surface area (Å²) in [6.45, 7) is -10.9. The Bertz CT molecular complexity index is 1130. The van der Waals surface area contributed by atoms with Crippen molar-refractivity contribution in [2.75, 3.05) is 132 Å². The molecule has 3 atom stereocenters. The minimum absolute atomic E-state index is 0.0407.